The molecule has 0 saturated heterocycles. The van der Waals surface area contributed by atoms with Crippen molar-refractivity contribution in [3.05, 3.63) is 23.8 Å². The summed E-state index contributed by atoms with van der Waals surface area (Å²) in [5.41, 5.74) is -74.1. The largest absolute Gasteiger partial charge is 0.433 e. The van der Waals surface area contributed by atoms with E-state index < -0.39 is 124 Å². The number of rotatable bonds is 1. The lowest BCUT2D eigenvalue weighted by molar-refractivity contribution is -0.641. The molecule has 36 heteroatoms. The molecule has 1 aliphatic carbocycles. The minimum Gasteiger partial charge on any atom is -0.315 e. The van der Waals surface area contributed by atoms with Crippen molar-refractivity contribution in [3.8, 4) is 0 Å². The van der Waals surface area contributed by atoms with Gasteiger partial charge in [0.2, 0.25) is 21.7 Å². The van der Waals surface area contributed by atoms with Crippen LogP contribution in [0.3, 0.4) is 0 Å². The average molecular weight is 925 g/mol. The minimum absolute atomic E-state index is 1.03. The van der Waals surface area contributed by atoms with Crippen LogP contribution < -0.4 is 5.73 Å². The molecule has 1 fully saturated rings. The van der Waals surface area contributed by atoms with E-state index in [0.29, 0.717) is 0 Å². The van der Waals surface area contributed by atoms with Crippen LogP contribution in [0.5, 0.6) is 0 Å². The van der Waals surface area contributed by atoms with Crippen LogP contribution in [0.1, 0.15) is 11.4 Å². The van der Waals surface area contributed by atoms with Crippen molar-refractivity contribution in [3.63, 3.8) is 0 Å². The SMILES string of the molecule is NC1(C(F)(F)F)C(c2cc(C(F)(F)F)ncn2)(C(F)(F)F)C(C(F)(F)F)(C(F)(F)F)C(C(F)(F)F)(C(F)(F)F)C(C(F)(F)F)(C(F)(F)F)C1(C(F)(F)F)C(F)(F)F. The van der Waals surface area contributed by atoms with Gasteiger partial charge in [0.05, 0.1) is 5.69 Å². The maximum absolute atomic E-state index is 15.4. The fourth-order valence-corrected chi connectivity index (χ4v) is 7.90. The first-order valence-electron chi connectivity index (χ1n) is 12.6. The number of halogens is 33. The van der Waals surface area contributed by atoms with Gasteiger partial charge in [0.1, 0.15) is 12.0 Å². The lowest BCUT2D eigenvalue weighted by atomic mass is 9.23. The summed E-state index contributed by atoms with van der Waals surface area (Å²) >= 11 is 0. The molecule has 0 amide bonds. The molecule has 1 aromatic rings. The molecule has 1 aliphatic rings. The summed E-state index contributed by atoms with van der Waals surface area (Å²) in [6.07, 6.45) is -115. The highest BCUT2D eigenvalue weighted by Crippen LogP contribution is 2.97. The summed E-state index contributed by atoms with van der Waals surface area (Å²) in [6, 6.07) is -2.92. The molecule has 57 heavy (non-hydrogen) atoms. The van der Waals surface area contributed by atoms with Gasteiger partial charge >= 0.3 is 67.9 Å². The monoisotopic (exact) mass is 925 g/mol. The molecule has 0 spiro atoms. The molecule has 2 N–H and O–H groups in total. The number of alkyl halides is 33. The van der Waals surface area contributed by atoms with Gasteiger partial charge in [-0.3, -0.25) is 0 Å². The van der Waals surface area contributed by atoms with Crippen molar-refractivity contribution in [2.75, 3.05) is 0 Å². The van der Waals surface area contributed by atoms with Gasteiger partial charge in [-0.2, -0.15) is 145 Å². The summed E-state index contributed by atoms with van der Waals surface area (Å²) in [6.45, 7) is 0. The number of nitrogens with zero attached hydrogens (tertiary/aromatic N) is 2. The van der Waals surface area contributed by atoms with Crippen molar-refractivity contribution in [1.29, 1.82) is 0 Å². The predicted octanol–water partition coefficient (Wildman–Crippen LogP) is 11.0. The Bertz CT molecular complexity index is 1600. The van der Waals surface area contributed by atoms with E-state index in [9.17, 15) is 65.9 Å². The smallest absolute Gasteiger partial charge is 0.315 e. The van der Waals surface area contributed by atoms with Crippen molar-refractivity contribution < 1.29 is 145 Å². The second kappa shape index (κ2) is 11.9. The summed E-state index contributed by atoms with van der Waals surface area (Å²) < 4.78 is 492. The Morgan fingerprint density at radius 1 is 0.333 bits per heavy atom. The molecular weight excluding hydrogens is 921 g/mol. The number of aromatic nitrogens is 2. The van der Waals surface area contributed by atoms with Gasteiger partial charge in [0, 0.05) is 0 Å². The van der Waals surface area contributed by atoms with Crippen molar-refractivity contribution in [2.24, 2.45) is 27.4 Å². The van der Waals surface area contributed by atoms with Crippen LogP contribution in [0.4, 0.5) is 145 Å². The van der Waals surface area contributed by atoms with Gasteiger partial charge in [-0.1, -0.05) is 0 Å². The quantitative estimate of drug-likeness (QED) is 0.286. The third-order valence-corrected chi connectivity index (χ3v) is 9.05. The van der Waals surface area contributed by atoms with Crippen LogP contribution in [0.15, 0.2) is 12.4 Å². The lowest BCUT2D eigenvalue weighted by Gasteiger charge is -2.77. The molecule has 1 saturated carbocycles. The maximum atomic E-state index is 15.4. The summed E-state index contributed by atoms with van der Waals surface area (Å²) in [4.78, 5) is 2.57. The van der Waals surface area contributed by atoms with Crippen molar-refractivity contribution >= 4 is 0 Å². The first-order chi connectivity index (χ1) is 24.2. The highest BCUT2D eigenvalue weighted by molar-refractivity contribution is 5.52. The zero-order chi connectivity index (χ0) is 46.5. The van der Waals surface area contributed by atoms with Crippen LogP contribution in [0, 0.1) is 21.7 Å². The highest BCUT2D eigenvalue weighted by atomic mass is 19.5. The van der Waals surface area contributed by atoms with E-state index in [-0.39, 0.29) is 0 Å². The molecule has 2 rings (SSSR count). The Balaban J connectivity index is 4.66. The first-order valence-corrected chi connectivity index (χ1v) is 12.6. The van der Waals surface area contributed by atoms with Crippen molar-refractivity contribution in [1.82, 2.24) is 9.97 Å². The molecular formula is C21H4F33N3. The summed E-state index contributed by atoms with van der Waals surface area (Å²) in [5, 5.41) is 0. The molecule has 0 aromatic carbocycles. The van der Waals surface area contributed by atoms with E-state index in [0.717, 1.165) is 4.98 Å². The van der Waals surface area contributed by atoms with Crippen LogP contribution in [0.2, 0.25) is 0 Å². The van der Waals surface area contributed by atoms with Gasteiger partial charge < -0.3 is 5.73 Å². The fourth-order valence-electron chi connectivity index (χ4n) is 7.90. The third-order valence-electron chi connectivity index (χ3n) is 9.05. The Morgan fingerprint density at radius 2 is 0.596 bits per heavy atom. The summed E-state index contributed by atoms with van der Waals surface area (Å²) in [5.74, 6) is 0. The Kier molecular flexibility index (Phi) is 10.4. The normalized spacial score (nSPS) is 25.7. The zero-order valence-electron chi connectivity index (χ0n) is 24.6. The van der Waals surface area contributed by atoms with E-state index in [1.807, 2.05) is 0 Å². The van der Waals surface area contributed by atoms with E-state index in [2.05, 4.69) is 5.73 Å². The van der Waals surface area contributed by atoms with E-state index in [1.165, 1.54) is 4.98 Å². The molecule has 0 radical (unpaired) electrons. The van der Waals surface area contributed by atoms with Gasteiger partial charge in [-0.15, -0.1) is 0 Å². The number of nitrogens with two attached hydrogens (primary N) is 1. The molecule has 1 aromatic heterocycles. The van der Waals surface area contributed by atoms with Gasteiger partial charge in [-0.05, 0) is 6.07 Å². The molecule has 1 heterocycles. The topological polar surface area (TPSA) is 51.8 Å². The van der Waals surface area contributed by atoms with Crippen LogP contribution in [-0.2, 0) is 11.6 Å². The third kappa shape index (κ3) is 5.12. The molecule has 2 atom stereocenters. The van der Waals surface area contributed by atoms with Gasteiger partial charge in [0.25, 0.3) is 0 Å². The minimum atomic E-state index is -11.9. The number of hydrogen-bond acceptors (Lipinski definition) is 3. The van der Waals surface area contributed by atoms with Crippen molar-refractivity contribution in [2.45, 2.75) is 78.9 Å². The van der Waals surface area contributed by atoms with Gasteiger partial charge in [0.15, 0.2) is 11.0 Å². The lowest BCUT2D eigenvalue weighted by Crippen LogP contribution is -3.04. The second-order valence-corrected chi connectivity index (χ2v) is 11.3. The number of hydrogen-bond donors (Lipinski definition) is 1. The Morgan fingerprint density at radius 3 is 0.807 bits per heavy atom. The van der Waals surface area contributed by atoms with Crippen LogP contribution >= 0.6 is 0 Å². The molecule has 0 aliphatic heterocycles. The average Bonchev–Trinajstić information content (AvgIpc) is 2.84. The summed E-state index contributed by atoms with van der Waals surface area (Å²) in [7, 11) is 0. The van der Waals surface area contributed by atoms with E-state index >= 15 is 79.0 Å². The zero-order valence-corrected chi connectivity index (χ0v) is 24.6. The molecule has 334 valence electrons. The van der Waals surface area contributed by atoms with E-state index in [1.54, 1.807) is 0 Å². The molecule has 3 nitrogen and oxygen atoms in total. The highest BCUT2D eigenvalue weighted by Gasteiger charge is 3.22. The predicted molar refractivity (Wildman–Crippen MR) is 106 cm³/mol. The fraction of sp³-hybridized carbons (Fsp3) is 0.810. The molecule has 2 unspecified atom stereocenters. The van der Waals surface area contributed by atoms with E-state index in [4.69, 9.17) is 0 Å². The second-order valence-electron chi connectivity index (χ2n) is 11.3. The molecule has 0 bridgehead atoms. The Labute approximate surface area is 286 Å². The van der Waals surface area contributed by atoms with Crippen LogP contribution in [0.25, 0.3) is 0 Å². The van der Waals surface area contributed by atoms with Gasteiger partial charge in [-0.25, -0.2) is 9.97 Å². The van der Waals surface area contributed by atoms with Crippen LogP contribution in [-0.4, -0.2) is 77.3 Å². The first kappa shape index (κ1) is 49.9. The standard InChI is InChI=1S/C21H4F33N3/c22-6(23,24)4-1-3(56-2-57-4)5(12(25,26)27)7(13(28,29)30,14(31,32)33)8(15(34,35)36,16(37,38)39)9(17(40,41)42,18(43,44)45)10(19(46,47)48,20(49,50)51)11(5,55)21(52,53)54/h1-2H,55H2. The maximum Gasteiger partial charge on any atom is 0.433 e. The Hall–Kier alpha value is -3.27.